The number of carbonyl (C=O) groups is 3. The molecular formula is C19H26O6. The van der Waals surface area contributed by atoms with Crippen molar-refractivity contribution in [2.75, 3.05) is 0 Å². The van der Waals surface area contributed by atoms with Gasteiger partial charge in [-0.15, -0.1) is 6.58 Å². The summed E-state index contributed by atoms with van der Waals surface area (Å²) in [6, 6.07) is 0. The lowest BCUT2D eigenvalue weighted by Crippen LogP contribution is -2.61. The number of ether oxygens (including phenoxy) is 2. The van der Waals surface area contributed by atoms with Crippen molar-refractivity contribution in [1.29, 1.82) is 0 Å². The van der Waals surface area contributed by atoms with Crippen LogP contribution in [0.4, 0.5) is 0 Å². The van der Waals surface area contributed by atoms with Crippen LogP contribution in [0.5, 0.6) is 0 Å². The van der Waals surface area contributed by atoms with Gasteiger partial charge in [0.05, 0.1) is 11.8 Å². The molecule has 1 N–H and O–H groups in total. The number of esters is 2. The van der Waals surface area contributed by atoms with Gasteiger partial charge in [-0.3, -0.25) is 14.4 Å². The smallest absolute Gasteiger partial charge is 0.309 e. The topological polar surface area (TPSA) is 89.9 Å². The Morgan fingerprint density at radius 1 is 1.44 bits per heavy atom. The van der Waals surface area contributed by atoms with Gasteiger partial charge in [0.25, 0.3) is 0 Å². The van der Waals surface area contributed by atoms with E-state index in [1.807, 2.05) is 0 Å². The highest BCUT2D eigenvalue weighted by Gasteiger charge is 2.64. The number of aldehydes is 1. The molecular weight excluding hydrogens is 324 g/mol. The number of fused-ring (bicyclic) bond motifs is 1. The molecule has 0 amide bonds. The number of aliphatic hydroxyl groups excluding tert-OH is 1. The van der Waals surface area contributed by atoms with E-state index in [9.17, 15) is 19.5 Å². The summed E-state index contributed by atoms with van der Waals surface area (Å²) >= 11 is 0. The summed E-state index contributed by atoms with van der Waals surface area (Å²) in [7, 11) is 0. The van der Waals surface area contributed by atoms with Gasteiger partial charge < -0.3 is 14.6 Å². The van der Waals surface area contributed by atoms with Gasteiger partial charge in [0.2, 0.25) is 0 Å². The second-order valence-corrected chi connectivity index (χ2v) is 7.51. The van der Waals surface area contributed by atoms with E-state index < -0.39 is 53.4 Å². The minimum absolute atomic E-state index is 0.188. The Balaban J connectivity index is 2.58. The fourth-order valence-corrected chi connectivity index (χ4v) is 3.97. The second kappa shape index (κ2) is 6.75. The molecule has 0 radical (unpaired) electrons. The Bertz CT molecular complexity index is 609. The van der Waals surface area contributed by atoms with Gasteiger partial charge in [0.15, 0.2) is 0 Å². The van der Waals surface area contributed by atoms with E-state index in [1.54, 1.807) is 27.7 Å². The largest absolute Gasteiger partial charge is 0.461 e. The minimum atomic E-state index is -1.08. The van der Waals surface area contributed by atoms with Gasteiger partial charge in [-0.05, 0) is 5.57 Å². The second-order valence-electron chi connectivity index (χ2n) is 7.51. The molecule has 1 saturated carbocycles. The normalized spacial score (nSPS) is 40.2. The molecule has 1 aliphatic carbocycles. The van der Waals surface area contributed by atoms with Crippen LogP contribution in [-0.4, -0.2) is 41.6 Å². The predicted molar refractivity (Wildman–Crippen MR) is 90.3 cm³/mol. The summed E-state index contributed by atoms with van der Waals surface area (Å²) in [6.45, 7) is 14.3. The molecule has 138 valence electrons. The summed E-state index contributed by atoms with van der Waals surface area (Å²) in [6.07, 6.45) is -0.616. The molecule has 0 aromatic carbocycles. The van der Waals surface area contributed by atoms with Crippen molar-refractivity contribution in [3.63, 3.8) is 0 Å². The van der Waals surface area contributed by atoms with Gasteiger partial charge in [-0.1, -0.05) is 40.3 Å². The molecule has 2 aliphatic rings. The van der Waals surface area contributed by atoms with E-state index in [-0.39, 0.29) is 11.5 Å². The summed E-state index contributed by atoms with van der Waals surface area (Å²) in [5.41, 5.74) is -0.848. The fraction of sp³-hybridized carbons (Fsp3) is 0.632. The Hall–Kier alpha value is -1.95. The summed E-state index contributed by atoms with van der Waals surface area (Å²) < 4.78 is 11.1. The highest BCUT2D eigenvalue weighted by Crippen LogP contribution is 2.53. The third-order valence-electron chi connectivity index (χ3n) is 5.62. The number of aliphatic hydroxyl groups is 1. The van der Waals surface area contributed by atoms with Crippen molar-refractivity contribution in [2.24, 2.45) is 29.1 Å². The van der Waals surface area contributed by atoms with Crippen LogP contribution >= 0.6 is 0 Å². The standard InChI is InChI=1S/C19H26O6/c1-7-19(6)13(10(4)8-20)14(24-17(22)9(2)3)12-11(5)18(23)25-15(12)16(19)21/h7-9,11-16,21H,1,4H2,2-3,5-6H3. The van der Waals surface area contributed by atoms with Crippen molar-refractivity contribution < 1.29 is 29.0 Å². The van der Waals surface area contributed by atoms with E-state index in [4.69, 9.17) is 9.47 Å². The van der Waals surface area contributed by atoms with Crippen LogP contribution in [0.1, 0.15) is 27.7 Å². The van der Waals surface area contributed by atoms with Gasteiger partial charge in [-0.2, -0.15) is 0 Å². The molecule has 2 rings (SSSR count). The lowest BCUT2D eigenvalue weighted by Gasteiger charge is -2.51. The maximum atomic E-state index is 12.3. The van der Waals surface area contributed by atoms with E-state index in [2.05, 4.69) is 13.2 Å². The van der Waals surface area contributed by atoms with Crippen molar-refractivity contribution in [3.8, 4) is 0 Å². The molecule has 0 aromatic rings. The van der Waals surface area contributed by atoms with Crippen LogP contribution in [0.15, 0.2) is 24.8 Å². The zero-order valence-corrected chi connectivity index (χ0v) is 15.1. The first-order valence-corrected chi connectivity index (χ1v) is 8.46. The summed E-state index contributed by atoms with van der Waals surface area (Å²) in [5.74, 6) is -3.09. The average Bonchev–Trinajstić information content (AvgIpc) is 2.87. The average molecular weight is 350 g/mol. The van der Waals surface area contributed by atoms with E-state index in [0.29, 0.717) is 6.29 Å². The molecule has 1 saturated heterocycles. The molecule has 2 fully saturated rings. The third kappa shape index (κ3) is 2.92. The highest BCUT2D eigenvalue weighted by molar-refractivity contribution is 5.78. The summed E-state index contributed by atoms with van der Waals surface area (Å²) in [5, 5.41) is 10.9. The molecule has 1 aliphatic heterocycles. The lowest BCUT2D eigenvalue weighted by molar-refractivity contribution is -0.189. The Labute approximate surface area is 147 Å². The zero-order valence-electron chi connectivity index (χ0n) is 15.1. The molecule has 0 aromatic heterocycles. The lowest BCUT2D eigenvalue weighted by atomic mass is 9.56. The van der Waals surface area contributed by atoms with Gasteiger partial charge in [-0.25, -0.2) is 0 Å². The van der Waals surface area contributed by atoms with Crippen LogP contribution in [-0.2, 0) is 23.9 Å². The van der Waals surface area contributed by atoms with Crippen LogP contribution in [0.3, 0.4) is 0 Å². The zero-order chi connectivity index (χ0) is 19.1. The monoisotopic (exact) mass is 350 g/mol. The van der Waals surface area contributed by atoms with Gasteiger partial charge in [0.1, 0.15) is 24.6 Å². The van der Waals surface area contributed by atoms with E-state index >= 15 is 0 Å². The van der Waals surface area contributed by atoms with Crippen LogP contribution < -0.4 is 0 Å². The molecule has 0 bridgehead atoms. The molecule has 7 unspecified atom stereocenters. The third-order valence-corrected chi connectivity index (χ3v) is 5.62. The number of rotatable bonds is 5. The number of carbonyl (C=O) groups excluding carboxylic acids is 3. The molecule has 6 heteroatoms. The van der Waals surface area contributed by atoms with Gasteiger partial charge >= 0.3 is 11.9 Å². The van der Waals surface area contributed by atoms with E-state index in [1.165, 1.54) is 6.08 Å². The van der Waals surface area contributed by atoms with Crippen LogP contribution in [0.2, 0.25) is 0 Å². The Morgan fingerprint density at radius 3 is 2.52 bits per heavy atom. The minimum Gasteiger partial charge on any atom is -0.461 e. The maximum absolute atomic E-state index is 12.3. The van der Waals surface area contributed by atoms with Gasteiger partial charge in [0, 0.05) is 17.3 Å². The fourth-order valence-electron chi connectivity index (χ4n) is 3.97. The first kappa shape index (κ1) is 19.4. The molecule has 1 heterocycles. The molecule has 7 atom stereocenters. The first-order valence-electron chi connectivity index (χ1n) is 8.46. The Morgan fingerprint density at radius 2 is 2.04 bits per heavy atom. The van der Waals surface area contributed by atoms with Crippen LogP contribution in [0.25, 0.3) is 0 Å². The highest BCUT2D eigenvalue weighted by atomic mass is 16.6. The number of hydrogen-bond donors (Lipinski definition) is 1. The quantitative estimate of drug-likeness (QED) is 0.351. The van der Waals surface area contributed by atoms with Crippen molar-refractivity contribution >= 4 is 18.2 Å². The van der Waals surface area contributed by atoms with Crippen molar-refractivity contribution in [2.45, 2.75) is 46.0 Å². The molecule has 25 heavy (non-hydrogen) atoms. The molecule has 0 spiro atoms. The van der Waals surface area contributed by atoms with Crippen LogP contribution in [0, 0.1) is 29.1 Å². The Kier molecular flexibility index (Phi) is 5.23. The SMILES string of the molecule is C=CC1(C)C(O)C2OC(=O)C(C)C2C(OC(=O)C(C)C)C1C(=C)C=O. The predicted octanol–water partition coefficient (Wildman–Crippen LogP) is 1.67. The molecule has 6 nitrogen and oxygen atoms in total. The van der Waals surface area contributed by atoms with Crippen molar-refractivity contribution in [1.82, 2.24) is 0 Å². The maximum Gasteiger partial charge on any atom is 0.309 e. The first-order chi connectivity index (χ1) is 11.6. The van der Waals surface area contributed by atoms with E-state index in [0.717, 1.165) is 0 Å². The van der Waals surface area contributed by atoms with Crippen molar-refractivity contribution in [3.05, 3.63) is 24.8 Å². The number of hydrogen-bond acceptors (Lipinski definition) is 6. The summed E-state index contributed by atoms with van der Waals surface area (Å²) in [4.78, 5) is 35.8.